The zero-order valence-corrected chi connectivity index (χ0v) is 26.2. The Morgan fingerprint density at radius 1 is 0.841 bits per heavy atom. The molecule has 0 radical (unpaired) electrons. The summed E-state index contributed by atoms with van der Waals surface area (Å²) in [6.45, 7) is 5.14. The highest BCUT2D eigenvalue weighted by atomic mass is 32.2. The SMILES string of the molecule is CCC(C)OC(=O)Cn1c(SCCCN(Cc2ccccc2)C(=O)C(c2ccccc2)c2ccccc2)nc2ccccc21. The summed E-state index contributed by atoms with van der Waals surface area (Å²) in [5.74, 6) is 0.159. The topological polar surface area (TPSA) is 64.4 Å². The Morgan fingerprint density at radius 3 is 2.07 bits per heavy atom. The van der Waals surface area contributed by atoms with Crippen LogP contribution in [-0.2, 0) is 27.4 Å². The number of carbonyl (C=O) groups is 2. The van der Waals surface area contributed by atoms with E-state index in [1.807, 2.05) is 126 Å². The van der Waals surface area contributed by atoms with Gasteiger partial charge in [-0.15, -0.1) is 0 Å². The largest absolute Gasteiger partial charge is 0.461 e. The van der Waals surface area contributed by atoms with Crippen molar-refractivity contribution in [2.75, 3.05) is 12.3 Å². The highest BCUT2D eigenvalue weighted by molar-refractivity contribution is 7.99. The quantitative estimate of drug-likeness (QED) is 0.0737. The van der Waals surface area contributed by atoms with E-state index in [0.29, 0.717) is 13.1 Å². The Balaban J connectivity index is 1.34. The highest BCUT2D eigenvalue weighted by Gasteiger charge is 2.27. The molecular weight excluding hydrogens is 566 g/mol. The lowest BCUT2D eigenvalue weighted by atomic mass is 9.90. The van der Waals surface area contributed by atoms with Gasteiger partial charge in [0.2, 0.25) is 5.91 Å². The molecule has 0 aliphatic carbocycles. The van der Waals surface area contributed by atoms with Gasteiger partial charge >= 0.3 is 5.97 Å². The fraction of sp³-hybridized carbons (Fsp3) is 0.270. The van der Waals surface area contributed by atoms with Crippen LogP contribution in [0.5, 0.6) is 0 Å². The molecule has 1 amide bonds. The third-order valence-electron chi connectivity index (χ3n) is 7.66. The van der Waals surface area contributed by atoms with E-state index in [1.165, 1.54) is 0 Å². The first-order valence-electron chi connectivity index (χ1n) is 15.2. The van der Waals surface area contributed by atoms with Gasteiger partial charge in [0.1, 0.15) is 6.54 Å². The molecule has 0 saturated carbocycles. The van der Waals surface area contributed by atoms with Gasteiger partial charge in [0.15, 0.2) is 5.16 Å². The summed E-state index contributed by atoms with van der Waals surface area (Å²) in [7, 11) is 0. The summed E-state index contributed by atoms with van der Waals surface area (Å²) in [6.07, 6.45) is 1.41. The molecule has 1 heterocycles. The monoisotopic (exact) mass is 605 g/mol. The standard InChI is InChI=1S/C37H39N3O3S/c1-3-28(2)43-34(41)27-40-33-23-14-13-22-32(33)38-37(40)44-25-15-24-39(26-29-16-7-4-8-17-29)36(42)35(30-18-9-5-10-19-30)31-20-11-6-12-21-31/h4-14,16-23,28,35H,3,15,24-27H2,1-2H3. The minimum absolute atomic E-state index is 0.0799. The highest BCUT2D eigenvalue weighted by Crippen LogP contribution is 2.29. The van der Waals surface area contributed by atoms with Crippen LogP contribution in [0.15, 0.2) is 120 Å². The van der Waals surface area contributed by atoms with Crippen LogP contribution in [0.1, 0.15) is 49.3 Å². The molecule has 5 aromatic rings. The summed E-state index contributed by atoms with van der Waals surface area (Å²) in [6, 6.07) is 38.0. The van der Waals surface area contributed by atoms with Gasteiger partial charge in [0.25, 0.3) is 0 Å². The average molecular weight is 606 g/mol. The second-order valence-electron chi connectivity index (χ2n) is 10.9. The van der Waals surface area contributed by atoms with Crippen molar-refractivity contribution in [3.05, 3.63) is 132 Å². The van der Waals surface area contributed by atoms with Gasteiger partial charge < -0.3 is 14.2 Å². The van der Waals surface area contributed by atoms with Crippen LogP contribution in [0, 0.1) is 0 Å². The first-order chi connectivity index (χ1) is 21.5. The van der Waals surface area contributed by atoms with Gasteiger partial charge in [0, 0.05) is 18.8 Å². The molecule has 0 N–H and O–H groups in total. The van der Waals surface area contributed by atoms with Crippen molar-refractivity contribution in [2.24, 2.45) is 0 Å². The van der Waals surface area contributed by atoms with Crippen molar-refractivity contribution < 1.29 is 14.3 Å². The summed E-state index contributed by atoms with van der Waals surface area (Å²) < 4.78 is 7.51. The van der Waals surface area contributed by atoms with Gasteiger partial charge in [-0.05, 0) is 48.6 Å². The van der Waals surface area contributed by atoms with Crippen LogP contribution < -0.4 is 0 Å². The normalized spacial score (nSPS) is 11.9. The summed E-state index contributed by atoms with van der Waals surface area (Å²) >= 11 is 1.61. The van der Waals surface area contributed by atoms with Crippen molar-refractivity contribution in [3.8, 4) is 0 Å². The van der Waals surface area contributed by atoms with Gasteiger partial charge in [-0.2, -0.15) is 0 Å². The maximum absolute atomic E-state index is 14.4. The Labute approximate surface area is 264 Å². The van der Waals surface area contributed by atoms with Crippen molar-refractivity contribution >= 4 is 34.7 Å². The van der Waals surface area contributed by atoms with Crippen LogP contribution in [0.25, 0.3) is 11.0 Å². The predicted octanol–water partition coefficient (Wildman–Crippen LogP) is 7.72. The molecule has 4 aromatic carbocycles. The number of esters is 1. The lowest BCUT2D eigenvalue weighted by Crippen LogP contribution is -2.36. The lowest BCUT2D eigenvalue weighted by molar-refractivity contribution is -0.149. The summed E-state index contributed by atoms with van der Waals surface area (Å²) in [4.78, 5) is 33.9. The fourth-order valence-corrected chi connectivity index (χ4v) is 6.17. The molecule has 5 rings (SSSR count). The molecule has 0 fully saturated rings. The molecule has 1 unspecified atom stereocenters. The number of ether oxygens (including phenoxy) is 1. The van der Waals surface area contributed by atoms with Crippen molar-refractivity contribution in [3.63, 3.8) is 0 Å². The molecule has 226 valence electrons. The molecule has 0 spiro atoms. The van der Waals surface area contributed by atoms with Crippen LogP contribution in [0.3, 0.4) is 0 Å². The second-order valence-corrected chi connectivity index (χ2v) is 11.9. The van der Waals surface area contributed by atoms with E-state index in [2.05, 4.69) is 12.1 Å². The molecule has 0 aliphatic heterocycles. The van der Waals surface area contributed by atoms with Crippen molar-refractivity contribution in [2.45, 2.75) is 57.0 Å². The molecule has 1 atom stereocenters. The van der Waals surface area contributed by atoms with E-state index in [9.17, 15) is 9.59 Å². The first-order valence-corrected chi connectivity index (χ1v) is 16.2. The minimum Gasteiger partial charge on any atom is -0.461 e. The number of imidazole rings is 1. The van der Waals surface area contributed by atoms with Crippen LogP contribution in [0.2, 0.25) is 0 Å². The van der Waals surface area contributed by atoms with E-state index >= 15 is 0 Å². The number of aromatic nitrogens is 2. The number of hydrogen-bond donors (Lipinski definition) is 0. The van der Waals surface area contributed by atoms with E-state index < -0.39 is 5.92 Å². The molecular formula is C37H39N3O3S. The van der Waals surface area contributed by atoms with Gasteiger partial charge in [-0.1, -0.05) is 122 Å². The van der Waals surface area contributed by atoms with Gasteiger partial charge in [-0.3, -0.25) is 9.59 Å². The molecule has 0 saturated heterocycles. The summed E-state index contributed by atoms with van der Waals surface area (Å²) in [5, 5.41) is 0.777. The Kier molecular flexibility index (Phi) is 10.9. The first kappa shape index (κ1) is 31.1. The van der Waals surface area contributed by atoms with Gasteiger partial charge in [-0.25, -0.2) is 4.98 Å². The average Bonchev–Trinajstić information content (AvgIpc) is 3.40. The molecule has 7 heteroatoms. The zero-order chi connectivity index (χ0) is 30.7. The second kappa shape index (κ2) is 15.4. The number of fused-ring (bicyclic) bond motifs is 1. The molecule has 0 bridgehead atoms. The number of para-hydroxylation sites is 2. The van der Waals surface area contributed by atoms with Crippen LogP contribution >= 0.6 is 11.8 Å². The number of carbonyl (C=O) groups excluding carboxylic acids is 2. The number of rotatable bonds is 14. The lowest BCUT2D eigenvalue weighted by Gasteiger charge is -2.28. The third kappa shape index (κ3) is 7.97. The smallest absolute Gasteiger partial charge is 0.326 e. The van der Waals surface area contributed by atoms with Crippen LogP contribution in [0.4, 0.5) is 0 Å². The molecule has 1 aromatic heterocycles. The molecule has 44 heavy (non-hydrogen) atoms. The van der Waals surface area contributed by atoms with Gasteiger partial charge in [0.05, 0.1) is 23.1 Å². The number of nitrogens with zero attached hydrogens (tertiary/aromatic N) is 3. The van der Waals surface area contributed by atoms with E-state index in [0.717, 1.165) is 51.5 Å². The Bertz CT molecular complexity index is 1600. The van der Waals surface area contributed by atoms with E-state index in [1.54, 1.807) is 11.8 Å². The summed E-state index contributed by atoms with van der Waals surface area (Å²) in [5.41, 5.74) is 4.81. The predicted molar refractivity (Wildman–Crippen MR) is 178 cm³/mol. The number of thioether (sulfide) groups is 1. The Morgan fingerprint density at radius 2 is 1.43 bits per heavy atom. The third-order valence-corrected chi connectivity index (χ3v) is 8.72. The van der Waals surface area contributed by atoms with Crippen molar-refractivity contribution in [1.82, 2.24) is 14.5 Å². The number of amides is 1. The van der Waals surface area contributed by atoms with E-state index in [4.69, 9.17) is 9.72 Å². The zero-order valence-electron chi connectivity index (χ0n) is 25.3. The molecule has 6 nitrogen and oxygen atoms in total. The number of benzene rings is 4. The maximum Gasteiger partial charge on any atom is 0.326 e. The van der Waals surface area contributed by atoms with E-state index in [-0.39, 0.29) is 24.5 Å². The fourth-order valence-electron chi connectivity index (χ4n) is 5.23. The minimum atomic E-state index is -0.394. The van der Waals surface area contributed by atoms with Crippen molar-refractivity contribution in [1.29, 1.82) is 0 Å². The van der Waals surface area contributed by atoms with Crippen LogP contribution in [-0.4, -0.2) is 44.7 Å². The Hall–Kier alpha value is -4.36. The maximum atomic E-state index is 14.4. The number of hydrogen-bond acceptors (Lipinski definition) is 5. The molecule has 0 aliphatic rings.